The largest absolute Gasteiger partial charge is 0.494 e. The van der Waals surface area contributed by atoms with Crippen molar-refractivity contribution < 1.29 is 5.11 Å². The molecule has 0 aliphatic rings. The number of aromatic nitrogens is 4. The lowest BCUT2D eigenvalue weighted by molar-refractivity contribution is 0.433. The van der Waals surface area contributed by atoms with Gasteiger partial charge in [0.25, 0.3) is 11.1 Å². The molecule has 144 valence electrons. The van der Waals surface area contributed by atoms with Gasteiger partial charge in [-0.05, 0) is 23.7 Å². The second-order valence-electron chi connectivity index (χ2n) is 6.05. The molecule has 9 nitrogen and oxygen atoms in total. The van der Waals surface area contributed by atoms with Gasteiger partial charge in [0, 0.05) is 17.8 Å². The van der Waals surface area contributed by atoms with Crippen LogP contribution in [-0.4, -0.2) is 30.8 Å². The zero-order valence-corrected chi connectivity index (χ0v) is 15.5. The van der Waals surface area contributed by atoms with Crippen LogP contribution in [0.1, 0.15) is 5.56 Å². The van der Waals surface area contributed by atoms with Gasteiger partial charge in [-0.1, -0.05) is 36.4 Å². The third kappa shape index (κ3) is 3.32. The molecular formula is C19H13N5O4S. The predicted molar refractivity (Wildman–Crippen MR) is 111 cm³/mol. The van der Waals surface area contributed by atoms with Gasteiger partial charge in [-0.15, -0.1) is 0 Å². The number of aromatic hydroxyl groups is 1. The molecule has 0 atom stereocenters. The third-order valence-corrected chi connectivity index (χ3v) is 4.55. The van der Waals surface area contributed by atoms with Gasteiger partial charge in [0.05, 0.1) is 5.69 Å². The summed E-state index contributed by atoms with van der Waals surface area (Å²) in [5.41, 5.74) is -1.85. The number of aromatic amines is 3. The lowest BCUT2D eigenvalue weighted by atomic mass is 10.1. The molecule has 0 radical (unpaired) electrons. The molecule has 2 heterocycles. The summed E-state index contributed by atoms with van der Waals surface area (Å²) >= 11 is 5.25. The highest BCUT2D eigenvalue weighted by molar-refractivity contribution is 7.71. The molecule has 0 aliphatic carbocycles. The Kier molecular flexibility index (Phi) is 4.53. The summed E-state index contributed by atoms with van der Waals surface area (Å²) in [7, 11) is 0. The van der Waals surface area contributed by atoms with E-state index in [1.807, 2.05) is 35.3 Å². The third-order valence-electron chi connectivity index (χ3n) is 4.26. The second kappa shape index (κ2) is 7.17. The van der Waals surface area contributed by atoms with Crippen LogP contribution < -0.4 is 16.8 Å². The van der Waals surface area contributed by atoms with Crippen molar-refractivity contribution in [3.05, 3.63) is 90.2 Å². The molecule has 29 heavy (non-hydrogen) atoms. The van der Waals surface area contributed by atoms with Crippen LogP contribution in [0, 0.1) is 4.77 Å². The minimum Gasteiger partial charge on any atom is -0.494 e. The quantitative estimate of drug-likeness (QED) is 0.304. The number of benzene rings is 2. The van der Waals surface area contributed by atoms with Crippen molar-refractivity contribution in [1.82, 2.24) is 19.5 Å². The van der Waals surface area contributed by atoms with Crippen molar-refractivity contribution in [2.24, 2.45) is 4.99 Å². The van der Waals surface area contributed by atoms with E-state index in [9.17, 15) is 19.5 Å². The summed E-state index contributed by atoms with van der Waals surface area (Å²) in [5.74, 6) is -0.431. The summed E-state index contributed by atoms with van der Waals surface area (Å²) in [5, 5.41) is 12.5. The molecule has 0 fully saturated rings. The molecular weight excluding hydrogens is 394 g/mol. The highest BCUT2D eigenvalue weighted by Gasteiger charge is 2.14. The Morgan fingerprint density at radius 3 is 2.55 bits per heavy atom. The SMILES string of the molecule is O=c1[nH]cc(N=Cc2c(O)n(-c3cccc4ccccc34)c(=S)[nH]c2=O)c(=O)[nH]1. The summed E-state index contributed by atoms with van der Waals surface area (Å²) in [4.78, 5) is 45.9. The van der Waals surface area contributed by atoms with E-state index in [0.29, 0.717) is 5.69 Å². The first kappa shape index (κ1) is 18.3. The molecule has 0 amide bonds. The van der Waals surface area contributed by atoms with Crippen LogP contribution in [0.3, 0.4) is 0 Å². The van der Waals surface area contributed by atoms with E-state index in [1.165, 1.54) is 4.57 Å². The highest BCUT2D eigenvalue weighted by atomic mass is 32.1. The Hall–Kier alpha value is -4.05. The molecule has 2 aromatic heterocycles. The van der Waals surface area contributed by atoms with E-state index < -0.39 is 22.7 Å². The Morgan fingerprint density at radius 1 is 1.00 bits per heavy atom. The number of hydrogen-bond donors (Lipinski definition) is 4. The molecule has 2 aromatic carbocycles. The van der Waals surface area contributed by atoms with Crippen LogP contribution in [0.25, 0.3) is 16.5 Å². The van der Waals surface area contributed by atoms with Gasteiger partial charge in [0.2, 0.25) is 5.88 Å². The number of nitrogens with zero attached hydrogens (tertiary/aromatic N) is 2. The first-order chi connectivity index (χ1) is 14.0. The van der Waals surface area contributed by atoms with Crippen LogP contribution >= 0.6 is 12.2 Å². The van der Waals surface area contributed by atoms with E-state index in [1.54, 1.807) is 12.1 Å². The number of aliphatic imine (C=N–C) groups is 1. The van der Waals surface area contributed by atoms with E-state index in [4.69, 9.17) is 12.2 Å². The van der Waals surface area contributed by atoms with Crippen molar-refractivity contribution in [2.75, 3.05) is 0 Å². The van der Waals surface area contributed by atoms with Crippen molar-refractivity contribution in [3.8, 4) is 11.6 Å². The fraction of sp³-hybridized carbons (Fsp3) is 0. The van der Waals surface area contributed by atoms with E-state index in [-0.39, 0.29) is 16.0 Å². The molecule has 4 N–H and O–H groups in total. The minimum atomic E-state index is -0.734. The number of fused-ring (bicyclic) bond motifs is 1. The maximum absolute atomic E-state index is 12.3. The Labute approximate surface area is 166 Å². The minimum absolute atomic E-state index is 0.00268. The monoisotopic (exact) mass is 407 g/mol. The molecule has 10 heteroatoms. The van der Waals surface area contributed by atoms with Gasteiger partial charge in [-0.2, -0.15) is 0 Å². The van der Waals surface area contributed by atoms with Gasteiger partial charge in [0.15, 0.2) is 4.77 Å². The molecule has 0 unspecified atom stereocenters. The number of nitrogens with one attached hydrogen (secondary N) is 3. The second-order valence-corrected chi connectivity index (χ2v) is 6.43. The van der Waals surface area contributed by atoms with Crippen molar-refractivity contribution in [2.45, 2.75) is 0 Å². The van der Waals surface area contributed by atoms with E-state index in [2.05, 4.69) is 15.0 Å². The van der Waals surface area contributed by atoms with E-state index >= 15 is 0 Å². The predicted octanol–water partition coefficient (Wildman–Crippen LogP) is 1.88. The van der Waals surface area contributed by atoms with Gasteiger partial charge in [-0.25, -0.2) is 9.79 Å². The summed E-state index contributed by atoms with van der Waals surface area (Å²) in [6.07, 6.45) is 2.14. The maximum Gasteiger partial charge on any atom is 0.325 e. The van der Waals surface area contributed by atoms with Gasteiger partial charge < -0.3 is 10.1 Å². The van der Waals surface area contributed by atoms with Crippen LogP contribution in [0.5, 0.6) is 5.88 Å². The molecule has 4 rings (SSSR count). The molecule has 0 saturated carbocycles. The van der Waals surface area contributed by atoms with Crippen LogP contribution in [-0.2, 0) is 0 Å². The Morgan fingerprint density at radius 2 is 1.76 bits per heavy atom. The van der Waals surface area contributed by atoms with Crippen molar-refractivity contribution in [1.29, 1.82) is 0 Å². The van der Waals surface area contributed by atoms with Gasteiger partial charge in [-0.3, -0.25) is 24.1 Å². The highest BCUT2D eigenvalue weighted by Crippen LogP contribution is 2.26. The molecule has 4 aromatic rings. The summed E-state index contributed by atoms with van der Waals surface area (Å²) in [6, 6.07) is 13.0. The van der Waals surface area contributed by atoms with Crippen LogP contribution in [0.2, 0.25) is 0 Å². The smallest absolute Gasteiger partial charge is 0.325 e. The lowest BCUT2D eigenvalue weighted by Crippen LogP contribution is -2.21. The number of rotatable bonds is 3. The average Bonchev–Trinajstić information content (AvgIpc) is 2.69. The van der Waals surface area contributed by atoms with Gasteiger partial charge >= 0.3 is 5.69 Å². The van der Waals surface area contributed by atoms with Gasteiger partial charge in [0.1, 0.15) is 11.3 Å². The average molecular weight is 407 g/mol. The lowest BCUT2D eigenvalue weighted by Gasteiger charge is -2.13. The standard InChI is InChI=1S/C19H13N5O4S/c25-15-12(8-20-13-9-21-18(28)22-16(13)26)17(27)24(19(29)23-15)14-7-3-5-10-4-1-2-6-11(10)14/h1-9,27H,(H,23,25,29)(H2,21,22,26,28). The normalized spacial score (nSPS) is 11.3. The number of hydrogen-bond acceptors (Lipinski definition) is 6. The fourth-order valence-electron chi connectivity index (χ4n) is 2.91. The summed E-state index contributed by atoms with van der Waals surface area (Å²) in [6.45, 7) is 0. The van der Waals surface area contributed by atoms with Crippen LogP contribution in [0.15, 0.2) is 68.0 Å². The number of H-pyrrole nitrogens is 3. The first-order valence-electron chi connectivity index (χ1n) is 8.38. The Bertz CT molecular complexity index is 1500. The topological polar surface area (TPSA) is 136 Å². The zero-order chi connectivity index (χ0) is 20.5. The van der Waals surface area contributed by atoms with Crippen molar-refractivity contribution in [3.63, 3.8) is 0 Å². The molecule has 0 spiro atoms. The summed E-state index contributed by atoms with van der Waals surface area (Å²) < 4.78 is 1.32. The maximum atomic E-state index is 12.3. The first-order valence-corrected chi connectivity index (χ1v) is 8.79. The van der Waals surface area contributed by atoms with Crippen molar-refractivity contribution >= 4 is 34.9 Å². The molecule has 0 saturated heterocycles. The van der Waals surface area contributed by atoms with Crippen LogP contribution in [0.4, 0.5) is 5.69 Å². The zero-order valence-electron chi connectivity index (χ0n) is 14.7. The Balaban J connectivity index is 1.93. The molecule has 0 aliphatic heterocycles. The molecule has 0 bridgehead atoms. The van der Waals surface area contributed by atoms with E-state index in [0.717, 1.165) is 23.2 Å². The fourth-order valence-corrected chi connectivity index (χ4v) is 3.19.